The number of carbonyl (C=O) groups excluding carboxylic acids is 1. The number of nitrogens with one attached hydrogen (secondary N) is 1. The Morgan fingerprint density at radius 3 is 2.74 bits per heavy atom. The second kappa shape index (κ2) is 7.99. The Morgan fingerprint density at radius 1 is 1.22 bits per heavy atom. The van der Waals surface area contributed by atoms with Gasteiger partial charge in [-0.15, -0.1) is 0 Å². The van der Waals surface area contributed by atoms with E-state index < -0.39 is 11.5 Å². The molecule has 0 saturated heterocycles. The molecule has 0 atom stereocenters. The third-order valence-corrected chi connectivity index (χ3v) is 4.10. The SMILES string of the molecule is COc1ccccc1CNC(=O)c1nc2cccnc2n(CC(C)C)c1=O. The predicted octanol–water partition coefficient (Wildman–Crippen LogP) is 2.39. The molecule has 0 aliphatic carbocycles. The molecule has 27 heavy (non-hydrogen) atoms. The first-order valence-electron chi connectivity index (χ1n) is 8.77. The number of rotatable bonds is 6. The first-order chi connectivity index (χ1) is 13.0. The summed E-state index contributed by atoms with van der Waals surface area (Å²) in [5.41, 5.74) is 1.24. The van der Waals surface area contributed by atoms with Gasteiger partial charge in [-0.1, -0.05) is 32.0 Å². The number of para-hydroxylation sites is 1. The summed E-state index contributed by atoms with van der Waals surface area (Å²) in [5, 5.41) is 2.76. The molecule has 0 radical (unpaired) electrons. The van der Waals surface area contributed by atoms with Crippen molar-refractivity contribution in [3.05, 3.63) is 64.2 Å². The van der Waals surface area contributed by atoms with Crippen molar-refractivity contribution in [3.8, 4) is 5.75 Å². The number of aromatic nitrogens is 3. The zero-order valence-corrected chi connectivity index (χ0v) is 15.6. The van der Waals surface area contributed by atoms with Crippen molar-refractivity contribution in [1.29, 1.82) is 0 Å². The minimum atomic E-state index is -0.519. The number of benzene rings is 1. The second-order valence-corrected chi connectivity index (χ2v) is 6.61. The number of amides is 1. The third-order valence-electron chi connectivity index (χ3n) is 4.10. The van der Waals surface area contributed by atoms with Gasteiger partial charge >= 0.3 is 0 Å². The predicted molar refractivity (Wildman–Crippen MR) is 103 cm³/mol. The Balaban J connectivity index is 1.94. The topological polar surface area (TPSA) is 86.1 Å². The van der Waals surface area contributed by atoms with Crippen LogP contribution in [-0.4, -0.2) is 27.6 Å². The monoisotopic (exact) mass is 366 g/mol. The summed E-state index contributed by atoms with van der Waals surface area (Å²) in [5.74, 6) is 0.375. The Hall–Kier alpha value is -3.22. The van der Waals surface area contributed by atoms with E-state index in [1.54, 1.807) is 25.4 Å². The van der Waals surface area contributed by atoms with E-state index in [4.69, 9.17) is 4.74 Å². The van der Waals surface area contributed by atoms with Crippen molar-refractivity contribution in [2.75, 3.05) is 7.11 Å². The summed E-state index contributed by atoms with van der Waals surface area (Å²) in [4.78, 5) is 34.1. The highest BCUT2D eigenvalue weighted by Gasteiger charge is 2.19. The lowest BCUT2D eigenvalue weighted by atomic mass is 10.2. The highest BCUT2D eigenvalue weighted by molar-refractivity contribution is 5.93. The third kappa shape index (κ3) is 3.97. The van der Waals surface area contributed by atoms with Crippen LogP contribution >= 0.6 is 0 Å². The lowest BCUT2D eigenvalue weighted by molar-refractivity contribution is 0.0943. The van der Waals surface area contributed by atoms with Gasteiger partial charge in [-0.05, 0) is 24.1 Å². The van der Waals surface area contributed by atoms with Crippen LogP contribution in [0.25, 0.3) is 11.2 Å². The normalized spacial score (nSPS) is 11.0. The molecule has 0 unspecified atom stereocenters. The quantitative estimate of drug-likeness (QED) is 0.724. The van der Waals surface area contributed by atoms with Gasteiger partial charge in [0, 0.05) is 24.8 Å². The maximum atomic E-state index is 12.9. The molecule has 2 aromatic heterocycles. The molecular formula is C20H22N4O3. The van der Waals surface area contributed by atoms with Gasteiger partial charge in [0.15, 0.2) is 11.3 Å². The Kier molecular flexibility index (Phi) is 5.49. The molecule has 140 valence electrons. The van der Waals surface area contributed by atoms with E-state index in [0.717, 1.165) is 5.56 Å². The molecule has 0 aliphatic rings. The lowest BCUT2D eigenvalue weighted by Gasteiger charge is -2.13. The first-order valence-corrected chi connectivity index (χ1v) is 8.77. The number of methoxy groups -OCH3 is 1. The molecule has 1 aromatic carbocycles. The summed E-state index contributed by atoms with van der Waals surface area (Å²) in [6.07, 6.45) is 1.61. The van der Waals surface area contributed by atoms with Crippen LogP contribution in [0.15, 0.2) is 47.4 Å². The molecule has 0 fully saturated rings. The summed E-state index contributed by atoms with van der Waals surface area (Å²) in [6, 6.07) is 10.9. The van der Waals surface area contributed by atoms with Crippen LogP contribution in [0.1, 0.15) is 29.9 Å². The number of ether oxygens (including phenoxy) is 1. The van der Waals surface area contributed by atoms with Crippen LogP contribution in [0.5, 0.6) is 5.75 Å². The molecule has 0 saturated carbocycles. The highest BCUT2D eigenvalue weighted by atomic mass is 16.5. The molecule has 1 N–H and O–H groups in total. The Bertz CT molecular complexity index is 1030. The minimum absolute atomic E-state index is 0.133. The molecule has 7 nitrogen and oxygen atoms in total. The zero-order chi connectivity index (χ0) is 19.4. The van der Waals surface area contributed by atoms with E-state index >= 15 is 0 Å². The molecule has 2 heterocycles. The minimum Gasteiger partial charge on any atom is -0.496 e. The van der Waals surface area contributed by atoms with E-state index in [-0.39, 0.29) is 18.2 Å². The van der Waals surface area contributed by atoms with Crippen molar-refractivity contribution in [1.82, 2.24) is 19.9 Å². The van der Waals surface area contributed by atoms with Crippen molar-refractivity contribution >= 4 is 17.1 Å². The van der Waals surface area contributed by atoms with Gasteiger partial charge in [-0.3, -0.25) is 14.2 Å². The fourth-order valence-electron chi connectivity index (χ4n) is 2.87. The van der Waals surface area contributed by atoms with Crippen LogP contribution in [0.4, 0.5) is 0 Å². The summed E-state index contributed by atoms with van der Waals surface area (Å²) >= 11 is 0. The van der Waals surface area contributed by atoms with E-state index in [1.165, 1.54) is 4.57 Å². The maximum Gasteiger partial charge on any atom is 0.283 e. The molecule has 7 heteroatoms. The number of fused-ring (bicyclic) bond motifs is 1. The van der Waals surface area contributed by atoms with Crippen molar-refractivity contribution in [2.45, 2.75) is 26.9 Å². The van der Waals surface area contributed by atoms with Crippen molar-refractivity contribution in [2.24, 2.45) is 5.92 Å². The van der Waals surface area contributed by atoms with Gasteiger partial charge in [-0.2, -0.15) is 0 Å². The largest absolute Gasteiger partial charge is 0.496 e. The van der Waals surface area contributed by atoms with Crippen molar-refractivity contribution in [3.63, 3.8) is 0 Å². The molecular weight excluding hydrogens is 344 g/mol. The van der Waals surface area contributed by atoms with E-state index in [0.29, 0.717) is 23.5 Å². The zero-order valence-electron chi connectivity index (χ0n) is 15.6. The van der Waals surface area contributed by atoms with Gasteiger partial charge in [0.05, 0.1) is 7.11 Å². The van der Waals surface area contributed by atoms with Crippen LogP contribution in [0.2, 0.25) is 0 Å². The van der Waals surface area contributed by atoms with E-state index in [1.807, 2.05) is 38.1 Å². The Morgan fingerprint density at radius 2 is 2.00 bits per heavy atom. The second-order valence-electron chi connectivity index (χ2n) is 6.61. The standard InChI is InChI=1S/C20H22N4O3/c1-13(2)12-24-18-15(8-6-10-21-18)23-17(20(24)26)19(25)22-11-14-7-4-5-9-16(14)27-3/h4-10,13H,11-12H2,1-3H3,(H,22,25). The number of hydrogen-bond donors (Lipinski definition) is 1. The fraction of sp³-hybridized carbons (Fsp3) is 0.300. The van der Waals surface area contributed by atoms with Gasteiger partial charge in [0.25, 0.3) is 11.5 Å². The fourth-order valence-corrected chi connectivity index (χ4v) is 2.87. The summed E-state index contributed by atoms with van der Waals surface area (Å²) in [6.45, 7) is 4.70. The number of carbonyl (C=O) groups is 1. The molecule has 0 spiro atoms. The average Bonchev–Trinajstić information content (AvgIpc) is 2.68. The van der Waals surface area contributed by atoms with Crippen LogP contribution < -0.4 is 15.6 Å². The van der Waals surface area contributed by atoms with E-state index in [2.05, 4.69) is 15.3 Å². The van der Waals surface area contributed by atoms with Gasteiger partial charge in [0.2, 0.25) is 0 Å². The number of hydrogen-bond acceptors (Lipinski definition) is 5. The van der Waals surface area contributed by atoms with Crippen molar-refractivity contribution < 1.29 is 9.53 Å². The summed E-state index contributed by atoms with van der Waals surface area (Å²) in [7, 11) is 1.57. The number of nitrogens with zero attached hydrogens (tertiary/aromatic N) is 3. The number of pyridine rings is 1. The van der Waals surface area contributed by atoms with Crippen LogP contribution in [0, 0.1) is 5.92 Å². The lowest BCUT2D eigenvalue weighted by Crippen LogP contribution is -2.35. The smallest absolute Gasteiger partial charge is 0.283 e. The first kappa shape index (κ1) is 18.6. The van der Waals surface area contributed by atoms with Crippen LogP contribution in [-0.2, 0) is 13.1 Å². The molecule has 1 amide bonds. The average molecular weight is 366 g/mol. The maximum absolute atomic E-state index is 12.9. The van der Waals surface area contributed by atoms with Gasteiger partial charge < -0.3 is 10.1 Å². The van der Waals surface area contributed by atoms with Gasteiger partial charge in [-0.25, -0.2) is 9.97 Å². The summed E-state index contributed by atoms with van der Waals surface area (Å²) < 4.78 is 6.81. The van der Waals surface area contributed by atoms with Gasteiger partial charge in [0.1, 0.15) is 11.3 Å². The molecule has 0 aliphatic heterocycles. The Labute approximate surface area is 157 Å². The molecule has 3 aromatic rings. The molecule has 0 bridgehead atoms. The highest BCUT2D eigenvalue weighted by Crippen LogP contribution is 2.17. The van der Waals surface area contributed by atoms with Crippen LogP contribution in [0.3, 0.4) is 0 Å². The molecule has 3 rings (SSSR count). The van der Waals surface area contributed by atoms with E-state index in [9.17, 15) is 9.59 Å².